The number of pyridine rings is 1. The predicted molar refractivity (Wildman–Crippen MR) is 136 cm³/mol. The molecule has 1 saturated carbocycles. The molecule has 3 aliphatic carbocycles. The van der Waals surface area contributed by atoms with Crippen molar-refractivity contribution in [3.05, 3.63) is 82.3 Å². The molecule has 0 aliphatic heterocycles. The van der Waals surface area contributed by atoms with Crippen LogP contribution in [0.4, 0.5) is 4.39 Å². The number of fused-ring (bicyclic) bond motifs is 3. The van der Waals surface area contributed by atoms with Gasteiger partial charge in [0.25, 0.3) is 0 Å². The van der Waals surface area contributed by atoms with Gasteiger partial charge in [0, 0.05) is 34.4 Å². The molecule has 190 valence electrons. The lowest BCUT2D eigenvalue weighted by molar-refractivity contribution is -0.132. The number of benzene rings is 2. The van der Waals surface area contributed by atoms with Gasteiger partial charge in [0.05, 0.1) is 12.2 Å². The molecule has 7 heteroatoms. The number of carboxylic acids is 1. The molecular formula is C30H28FNO5. The van der Waals surface area contributed by atoms with Crippen molar-refractivity contribution in [1.29, 1.82) is 0 Å². The molecule has 2 N–H and O–H groups in total. The largest absolute Gasteiger partial charge is 0.489 e. The first-order chi connectivity index (χ1) is 17.8. The number of aliphatic carboxylic acids is 1. The summed E-state index contributed by atoms with van der Waals surface area (Å²) in [6.45, 7) is 2.48. The van der Waals surface area contributed by atoms with Crippen LogP contribution in [0.25, 0.3) is 16.7 Å². The Morgan fingerprint density at radius 3 is 2.68 bits per heavy atom. The molecule has 0 spiro atoms. The maximum absolute atomic E-state index is 14.6. The molecule has 6 nitrogen and oxygen atoms in total. The van der Waals surface area contributed by atoms with Gasteiger partial charge in [-0.05, 0) is 91.6 Å². The summed E-state index contributed by atoms with van der Waals surface area (Å²) in [5.41, 5.74) is 6.00. The number of aliphatic hydroxyl groups is 1. The van der Waals surface area contributed by atoms with Gasteiger partial charge >= 0.3 is 5.97 Å². The van der Waals surface area contributed by atoms with Gasteiger partial charge in [-0.25, -0.2) is 14.2 Å². The monoisotopic (exact) mass is 501 g/mol. The summed E-state index contributed by atoms with van der Waals surface area (Å²) in [4.78, 5) is 15.8. The number of nitrogens with zero attached hydrogens (tertiary/aromatic N) is 1. The van der Waals surface area contributed by atoms with E-state index in [1.807, 2.05) is 37.3 Å². The van der Waals surface area contributed by atoms with Gasteiger partial charge < -0.3 is 19.7 Å². The highest BCUT2D eigenvalue weighted by atomic mass is 19.1. The summed E-state index contributed by atoms with van der Waals surface area (Å²) in [6, 6.07) is 14.3. The Morgan fingerprint density at radius 2 is 1.92 bits per heavy atom. The minimum absolute atomic E-state index is 0.0286. The van der Waals surface area contributed by atoms with Crippen LogP contribution in [0.3, 0.4) is 0 Å². The predicted octanol–water partition coefficient (Wildman–Crippen LogP) is 5.48. The van der Waals surface area contributed by atoms with E-state index in [4.69, 9.17) is 9.47 Å². The van der Waals surface area contributed by atoms with Gasteiger partial charge in [0.15, 0.2) is 0 Å². The molecule has 1 fully saturated rings. The highest BCUT2D eigenvalue weighted by molar-refractivity contribution is 6.11. The summed E-state index contributed by atoms with van der Waals surface area (Å²) >= 11 is 0. The fourth-order valence-corrected chi connectivity index (χ4v) is 5.29. The molecule has 3 aromatic rings. The van der Waals surface area contributed by atoms with Crippen molar-refractivity contribution in [3.8, 4) is 22.8 Å². The fraction of sp³-hybridized carbons (Fsp3) is 0.333. The Balaban J connectivity index is 1.11. The molecule has 37 heavy (non-hydrogen) atoms. The number of aryl methyl sites for hydroxylation is 1. The maximum atomic E-state index is 14.6. The zero-order valence-electron chi connectivity index (χ0n) is 20.6. The molecule has 0 radical (unpaired) electrons. The van der Waals surface area contributed by atoms with Crippen molar-refractivity contribution in [3.63, 3.8) is 0 Å². The summed E-state index contributed by atoms with van der Waals surface area (Å²) < 4.78 is 26.3. The van der Waals surface area contributed by atoms with Gasteiger partial charge in [-0.15, -0.1) is 0 Å². The van der Waals surface area contributed by atoms with E-state index in [2.05, 4.69) is 4.98 Å². The summed E-state index contributed by atoms with van der Waals surface area (Å²) in [5, 5.41) is 19.2. The Kier molecular flexibility index (Phi) is 5.75. The van der Waals surface area contributed by atoms with Gasteiger partial charge in [-0.1, -0.05) is 12.1 Å². The Morgan fingerprint density at radius 1 is 1.11 bits per heavy atom. The second kappa shape index (κ2) is 8.99. The Bertz CT molecular complexity index is 1440. The lowest BCUT2D eigenvalue weighted by Crippen LogP contribution is -2.09. The zero-order valence-corrected chi connectivity index (χ0v) is 20.6. The normalized spacial score (nSPS) is 18.3. The van der Waals surface area contributed by atoms with E-state index >= 15 is 0 Å². The summed E-state index contributed by atoms with van der Waals surface area (Å²) in [7, 11) is 0. The van der Waals surface area contributed by atoms with Crippen molar-refractivity contribution >= 4 is 11.5 Å². The van der Waals surface area contributed by atoms with Crippen LogP contribution in [0.1, 0.15) is 48.1 Å². The van der Waals surface area contributed by atoms with Gasteiger partial charge in [-0.2, -0.15) is 0 Å². The molecule has 6 rings (SSSR count). The van der Waals surface area contributed by atoms with Crippen LogP contribution < -0.4 is 9.47 Å². The third-order valence-electron chi connectivity index (χ3n) is 7.60. The molecule has 3 aliphatic rings. The number of allylic oxidation sites excluding steroid dienone is 1. The van der Waals surface area contributed by atoms with Crippen LogP contribution in [-0.2, 0) is 17.8 Å². The van der Waals surface area contributed by atoms with Crippen molar-refractivity contribution in [1.82, 2.24) is 4.98 Å². The molecule has 2 aromatic carbocycles. The van der Waals surface area contributed by atoms with Gasteiger partial charge in [0.1, 0.15) is 18.2 Å². The highest BCUT2D eigenvalue weighted by Gasteiger charge is 2.47. The SMILES string of the molecule is Cc1nc(OCCCC2(O)CC2)ccc1-c1ccc(F)c(COc2ccc3c(c2)C[C@H]2C(C(=O)O)=C32)c1. The summed E-state index contributed by atoms with van der Waals surface area (Å²) in [5.74, 6) is 0.0233. The average molecular weight is 502 g/mol. The lowest BCUT2D eigenvalue weighted by Gasteiger charge is -2.13. The smallest absolute Gasteiger partial charge is 0.332 e. The third kappa shape index (κ3) is 4.71. The Hall–Kier alpha value is -3.71. The number of aromatic nitrogens is 1. The van der Waals surface area contributed by atoms with Crippen LogP contribution in [0.2, 0.25) is 0 Å². The average Bonchev–Trinajstić information content (AvgIpc) is 3.76. The molecule has 0 unspecified atom stereocenters. The standard InChI is InChI=1S/C30H28FNO5/c1-17-22(6-8-26(32-17)36-12-2-9-30(35)10-11-30)18-3-7-25(31)20(13-18)16-37-21-4-5-23-19(14-21)15-24-27(23)28(24)29(33)34/h3-8,13-14,24,35H,2,9-12,15-16H2,1H3,(H,33,34)/t24-/m1/s1. The molecule has 1 heterocycles. The first kappa shape index (κ1) is 23.7. The number of carboxylic acid groups (broad SMARTS) is 1. The molecule has 0 amide bonds. The molecular weight excluding hydrogens is 473 g/mol. The van der Waals surface area contributed by atoms with Crippen molar-refractivity contribution < 1.29 is 28.9 Å². The van der Waals surface area contributed by atoms with E-state index in [1.165, 1.54) is 6.07 Å². The van der Waals surface area contributed by atoms with E-state index in [1.54, 1.807) is 12.1 Å². The van der Waals surface area contributed by atoms with E-state index in [0.717, 1.165) is 59.2 Å². The third-order valence-corrected chi connectivity index (χ3v) is 7.60. The number of hydrogen-bond donors (Lipinski definition) is 2. The zero-order chi connectivity index (χ0) is 25.7. The molecule has 0 bridgehead atoms. The first-order valence-electron chi connectivity index (χ1n) is 12.7. The first-order valence-corrected chi connectivity index (χ1v) is 12.7. The van der Waals surface area contributed by atoms with Gasteiger partial charge in [0.2, 0.25) is 5.88 Å². The number of hydrogen-bond acceptors (Lipinski definition) is 5. The van der Waals surface area contributed by atoms with Crippen LogP contribution in [0.5, 0.6) is 11.6 Å². The van der Waals surface area contributed by atoms with Crippen LogP contribution >= 0.6 is 0 Å². The van der Waals surface area contributed by atoms with Crippen molar-refractivity contribution in [2.45, 2.75) is 51.2 Å². The van der Waals surface area contributed by atoms with Gasteiger partial charge in [-0.3, -0.25) is 0 Å². The van der Waals surface area contributed by atoms with E-state index in [9.17, 15) is 19.4 Å². The van der Waals surface area contributed by atoms with Crippen molar-refractivity contribution in [2.24, 2.45) is 5.92 Å². The van der Waals surface area contributed by atoms with E-state index in [-0.39, 0.29) is 18.3 Å². The number of rotatable bonds is 10. The topological polar surface area (TPSA) is 88.9 Å². The van der Waals surface area contributed by atoms with E-state index in [0.29, 0.717) is 35.8 Å². The minimum atomic E-state index is -0.835. The highest BCUT2D eigenvalue weighted by Crippen LogP contribution is 2.55. The minimum Gasteiger partial charge on any atom is -0.489 e. The summed E-state index contributed by atoms with van der Waals surface area (Å²) in [6.07, 6.45) is 3.98. The van der Waals surface area contributed by atoms with E-state index < -0.39 is 11.6 Å². The lowest BCUT2D eigenvalue weighted by atomic mass is 10.0. The second-order valence-corrected chi connectivity index (χ2v) is 10.3. The number of ether oxygens (including phenoxy) is 2. The molecule has 1 aromatic heterocycles. The van der Waals surface area contributed by atoms with Crippen molar-refractivity contribution in [2.75, 3.05) is 6.61 Å². The maximum Gasteiger partial charge on any atom is 0.332 e. The van der Waals surface area contributed by atoms with Crippen LogP contribution in [0, 0.1) is 18.7 Å². The Labute approximate surface area is 214 Å². The second-order valence-electron chi connectivity index (χ2n) is 10.3. The molecule has 0 saturated heterocycles. The molecule has 1 atom stereocenters. The van der Waals surface area contributed by atoms with Crippen LogP contribution in [-0.4, -0.2) is 33.4 Å². The number of carbonyl (C=O) groups is 1. The quantitative estimate of drug-likeness (QED) is 0.358. The fourth-order valence-electron chi connectivity index (χ4n) is 5.29. The number of halogens is 1. The van der Waals surface area contributed by atoms with Crippen LogP contribution in [0.15, 0.2) is 54.1 Å².